The van der Waals surface area contributed by atoms with Gasteiger partial charge in [0.05, 0.1) is 24.8 Å². The lowest BCUT2D eigenvalue weighted by Crippen LogP contribution is -2.45. The van der Waals surface area contributed by atoms with Crippen LogP contribution in [-0.4, -0.2) is 48.6 Å². The molecule has 0 bridgehead atoms. The predicted molar refractivity (Wildman–Crippen MR) is 125 cm³/mol. The number of para-hydroxylation sites is 1. The van der Waals surface area contributed by atoms with E-state index in [1.54, 1.807) is 18.1 Å². The molecule has 166 valence electrons. The van der Waals surface area contributed by atoms with Crippen molar-refractivity contribution < 1.29 is 14.3 Å². The molecule has 3 rings (SSSR count). The van der Waals surface area contributed by atoms with Crippen molar-refractivity contribution in [3.63, 3.8) is 0 Å². The van der Waals surface area contributed by atoms with Crippen LogP contribution < -0.4 is 9.47 Å². The first-order chi connectivity index (χ1) is 15.5. The molecule has 1 aliphatic rings. The lowest BCUT2D eigenvalue weighted by molar-refractivity contribution is -0.135. The normalized spacial score (nSPS) is 15.8. The van der Waals surface area contributed by atoms with E-state index in [1.807, 2.05) is 49.6 Å². The van der Waals surface area contributed by atoms with E-state index in [4.69, 9.17) is 9.47 Å². The number of likely N-dealkylation sites (tertiary alicyclic amines) is 1. The van der Waals surface area contributed by atoms with Gasteiger partial charge in [-0.2, -0.15) is 22.3 Å². The number of ether oxygens (including phenoxy) is 2. The Labute approximate surface area is 193 Å². The van der Waals surface area contributed by atoms with Crippen LogP contribution in [0.4, 0.5) is 0 Å². The number of methoxy groups -OCH3 is 1. The summed E-state index contributed by atoms with van der Waals surface area (Å²) in [5.74, 6) is 0.628. The number of amides is 1. The topological polar surface area (TPSA) is 86.3 Å². The summed E-state index contributed by atoms with van der Waals surface area (Å²) in [4.78, 5) is 14.5. The number of rotatable bonds is 7. The van der Waals surface area contributed by atoms with Gasteiger partial charge >= 0.3 is 0 Å². The highest BCUT2D eigenvalue weighted by atomic mass is 32.2. The number of carbonyl (C=O) groups is 1. The minimum Gasteiger partial charge on any atom is -0.496 e. The number of thioether (sulfide) groups is 1. The summed E-state index contributed by atoms with van der Waals surface area (Å²) in [5, 5.41) is 18.9. The number of hydrogen-bond acceptors (Lipinski definition) is 6. The van der Waals surface area contributed by atoms with E-state index in [-0.39, 0.29) is 17.3 Å². The maximum Gasteiger partial charge on any atom is 0.241 e. The molecule has 1 saturated heterocycles. The Bertz CT molecular complexity index is 1040. The van der Waals surface area contributed by atoms with Crippen LogP contribution in [0.25, 0.3) is 11.1 Å². The molecule has 0 aromatic heterocycles. The molecule has 0 aliphatic carbocycles. The van der Waals surface area contributed by atoms with Gasteiger partial charge in [-0.25, -0.2) is 0 Å². The molecule has 1 aliphatic heterocycles. The van der Waals surface area contributed by atoms with Crippen LogP contribution in [0.2, 0.25) is 0 Å². The minimum atomic E-state index is -0.627. The van der Waals surface area contributed by atoms with Gasteiger partial charge in [-0.3, -0.25) is 4.79 Å². The first kappa shape index (κ1) is 23.5. The lowest BCUT2D eigenvalue weighted by Gasteiger charge is -2.34. The number of hydrogen-bond donors (Lipinski definition) is 0. The van der Waals surface area contributed by atoms with Gasteiger partial charge < -0.3 is 14.4 Å². The van der Waals surface area contributed by atoms with E-state index in [9.17, 15) is 15.3 Å². The SMILES string of the molecule is COc1ccccc1-c1cc(C#N)cc(OC2CCN(C(=O)C(C#N)C(C)SC)CC2)c1. The molecule has 2 atom stereocenters. The molecule has 0 N–H and O–H groups in total. The van der Waals surface area contributed by atoms with E-state index < -0.39 is 5.92 Å². The number of nitriles is 2. The molecule has 2 aromatic carbocycles. The van der Waals surface area contributed by atoms with E-state index in [0.717, 1.165) is 16.9 Å². The molecule has 1 fully saturated rings. The van der Waals surface area contributed by atoms with Crippen molar-refractivity contribution in [2.24, 2.45) is 5.92 Å². The van der Waals surface area contributed by atoms with Crippen LogP contribution in [-0.2, 0) is 4.79 Å². The third-order valence-corrected chi connectivity index (χ3v) is 6.77. The molecule has 1 amide bonds. The molecule has 0 radical (unpaired) electrons. The fraction of sp³-hybridized carbons (Fsp3) is 0.400. The van der Waals surface area contributed by atoms with Gasteiger partial charge in [0.15, 0.2) is 0 Å². The first-order valence-corrected chi connectivity index (χ1v) is 11.9. The molecule has 32 heavy (non-hydrogen) atoms. The average Bonchev–Trinajstić information content (AvgIpc) is 2.84. The smallest absolute Gasteiger partial charge is 0.241 e. The number of benzene rings is 2. The van der Waals surface area contributed by atoms with Crippen LogP contribution in [0.1, 0.15) is 25.3 Å². The van der Waals surface area contributed by atoms with Gasteiger partial charge in [-0.15, -0.1) is 0 Å². The molecule has 0 spiro atoms. The third-order valence-electron chi connectivity index (χ3n) is 5.76. The largest absolute Gasteiger partial charge is 0.496 e. The maximum atomic E-state index is 12.7. The number of carbonyl (C=O) groups excluding carboxylic acids is 1. The van der Waals surface area contributed by atoms with Crippen molar-refractivity contribution in [2.75, 3.05) is 26.5 Å². The van der Waals surface area contributed by atoms with Crippen molar-refractivity contribution >= 4 is 17.7 Å². The van der Waals surface area contributed by atoms with Gasteiger partial charge in [-0.05, 0) is 36.1 Å². The molecule has 2 unspecified atom stereocenters. The molecular formula is C25H27N3O3S. The highest BCUT2D eigenvalue weighted by Gasteiger charge is 2.32. The second kappa shape index (κ2) is 10.9. The summed E-state index contributed by atoms with van der Waals surface area (Å²) in [6.45, 7) is 3.02. The van der Waals surface area contributed by atoms with Crippen LogP contribution >= 0.6 is 11.8 Å². The molecule has 1 heterocycles. The van der Waals surface area contributed by atoms with E-state index in [1.165, 1.54) is 11.8 Å². The summed E-state index contributed by atoms with van der Waals surface area (Å²) in [7, 11) is 1.62. The van der Waals surface area contributed by atoms with Crippen LogP contribution in [0, 0.1) is 28.6 Å². The van der Waals surface area contributed by atoms with Crippen molar-refractivity contribution in [3.8, 4) is 34.8 Å². The quantitative estimate of drug-likeness (QED) is 0.619. The fourth-order valence-electron chi connectivity index (χ4n) is 3.85. The van der Waals surface area contributed by atoms with Crippen LogP contribution in [0.3, 0.4) is 0 Å². The molecular weight excluding hydrogens is 422 g/mol. The highest BCUT2D eigenvalue weighted by Crippen LogP contribution is 2.33. The van der Waals surface area contributed by atoms with Gasteiger partial charge in [0.2, 0.25) is 5.91 Å². The molecule has 6 nitrogen and oxygen atoms in total. The minimum absolute atomic E-state index is 0.0383. The highest BCUT2D eigenvalue weighted by molar-refractivity contribution is 7.99. The Morgan fingerprint density at radius 2 is 1.91 bits per heavy atom. The zero-order valence-corrected chi connectivity index (χ0v) is 19.4. The van der Waals surface area contributed by atoms with Gasteiger partial charge in [-0.1, -0.05) is 25.1 Å². The summed E-state index contributed by atoms with van der Waals surface area (Å²) < 4.78 is 11.7. The maximum absolute atomic E-state index is 12.7. The summed E-state index contributed by atoms with van der Waals surface area (Å²) >= 11 is 1.53. The van der Waals surface area contributed by atoms with Crippen LogP contribution in [0.5, 0.6) is 11.5 Å². The lowest BCUT2D eigenvalue weighted by atomic mass is 10.0. The first-order valence-electron chi connectivity index (χ1n) is 10.6. The summed E-state index contributed by atoms with van der Waals surface area (Å²) in [5.41, 5.74) is 2.26. The summed E-state index contributed by atoms with van der Waals surface area (Å²) in [6, 6.07) is 17.5. The zero-order valence-electron chi connectivity index (χ0n) is 18.6. The van der Waals surface area contributed by atoms with Gasteiger partial charge in [0, 0.05) is 36.7 Å². The average molecular weight is 450 g/mol. The monoisotopic (exact) mass is 449 g/mol. The van der Waals surface area contributed by atoms with Crippen molar-refractivity contribution in [3.05, 3.63) is 48.0 Å². The molecule has 7 heteroatoms. The Morgan fingerprint density at radius 1 is 1.19 bits per heavy atom. The number of nitrogens with zero attached hydrogens (tertiary/aromatic N) is 3. The second-order valence-corrected chi connectivity index (χ2v) is 8.96. The fourth-order valence-corrected chi connectivity index (χ4v) is 4.30. The Kier molecular flexibility index (Phi) is 8.03. The standard InChI is InChI=1S/C25H27N3O3S/c1-17(32-3)23(16-27)25(29)28-10-8-20(9-11-28)31-21-13-18(15-26)12-19(14-21)22-6-4-5-7-24(22)30-2/h4-7,12-14,17,20,23H,8-11H2,1-3H3. The van der Waals surface area contributed by atoms with E-state index in [0.29, 0.717) is 37.2 Å². The third kappa shape index (κ3) is 5.36. The van der Waals surface area contributed by atoms with E-state index in [2.05, 4.69) is 12.1 Å². The Hall–Kier alpha value is -3.16. The van der Waals surface area contributed by atoms with Gasteiger partial charge in [0.25, 0.3) is 0 Å². The predicted octanol–water partition coefficient (Wildman–Crippen LogP) is 4.49. The Morgan fingerprint density at radius 3 is 2.53 bits per heavy atom. The van der Waals surface area contributed by atoms with Crippen molar-refractivity contribution in [1.29, 1.82) is 10.5 Å². The van der Waals surface area contributed by atoms with Crippen LogP contribution in [0.15, 0.2) is 42.5 Å². The molecule has 0 saturated carbocycles. The van der Waals surface area contributed by atoms with Crippen molar-refractivity contribution in [1.82, 2.24) is 4.90 Å². The van der Waals surface area contributed by atoms with Crippen molar-refractivity contribution in [2.45, 2.75) is 31.1 Å². The van der Waals surface area contributed by atoms with E-state index >= 15 is 0 Å². The Balaban J connectivity index is 1.71. The van der Waals surface area contributed by atoms with Gasteiger partial charge in [0.1, 0.15) is 23.5 Å². The molecule has 2 aromatic rings. The summed E-state index contributed by atoms with van der Waals surface area (Å²) in [6.07, 6.45) is 3.21. The number of piperidine rings is 1. The zero-order chi connectivity index (χ0) is 23.1. The second-order valence-electron chi connectivity index (χ2n) is 7.75.